The van der Waals surface area contributed by atoms with E-state index < -0.39 is 0 Å². The van der Waals surface area contributed by atoms with Crippen LogP contribution in [-0.4, -0.2) is 65.5 Å². The minimum Gasteiger partial charge on any atom is -0.307 e. The van der Waals surface area contributed by atoms with E-state index in [1.54, 1.807) is 0 Å². The molecule has 2 aliphatic heterocycles. The number of quaternary nitrogens is 1. The van der Waals surface area contributed by atoms with Crippen LogP contribution in [0.3, 0.4) is 0 Å². The SMILES string of the molecule is C=CC1=NCCN1C[N+]1(C=C)CC[N+](C)=C1C. The molecule has 0 aromatic heterocycles. The lowest BCUT2D eigenvalue weighted by atomic mass is 10.4. The van der Waals surface area contributed by atoms with Crippen LogP contribution < -0.4 is 0 Å². The van der Waals surface area contributed by atoms with Crippen molar-refractivity contribution in [1.29, 1.82) is 0 Å². The molecule has 2 heterocycles. The van der Waals surface area contributed by atoms with Gasteiger partial charge >= 0.3 is 5.84 Å². The van der Waals surface area contributed by atoms with Gasteiger partial charge in [-0.25, -0.2) is 0 Å². The highest BCUT2D eigenvalue weighted by molar-refractivity contribution is 5.93. The van der Waals surface area contributed by atoms with Crippen molar-refractivity contribution in [3.05, 3.63) is 25.4 Å². The molecule has 0 saturated carbocycles. The molecule has 0 amide bonds. The Morgan fingerprint density at radius 2 is 2.29 bits per heavy atom. The molecule has 0 N–H and O–H groups in total. The Morgan fingerprint density at radius 3 is 2.82 bits per heavy atom. The highest BCUT2D eigenvalue weighted by atomic mass is 15.5. The number of hydrogen-bond acceptors (Lipinski definition) is 2. The van der Waals surface area contributed by atoms with Gasteiger partial charge in [0.15, 0.2) is 19.8 Å². The summed E-state index contributed by atoms with van der Waals surface area (Å²) in [7, 11) is 2.14. The zero-order valence-corrected chi connectivity index (χ0v) is 10.9. The predicted octanol–water partition coefficient (Wildman–Crippen LogP) is 0.879. The van der Waals surface area contributed by atoms with Crippen molar-refractivity contribution in [2.45, 2.75) is 6.92 Å². The molecule has 0 aromatic carbocycles. The van der Waals surface area contributed by atoms with Crippen LogP contribution in [0.5, 0.6) is 0 Å². The van der Waals surface area contributed by atoms with Crippen molar-refractivity contribution >= 4 is 11.7 Å². The molecule has 4 heteroatoms. The van der Waals surface area contributed by atoms with E-state index >= 15 is 0 Å². The van der Waals surface area contributed by atoms with Gasteiger partial charge in [0, 0.05) is 6.54 Å². The van der Waals surface area contributed by atoms with Crippen molar-refractivity contribution < 1.29 is 9.06 Å². The minimum absolute atomic E-state index is 0.837. The standard InChI is InChI=1S/C13H22N4/c1-5-13-14-7-8-16(13)11-17(6-2)10-9-15(4)12(17)3/h5-6H,1-2,7-11H2,3-4H3/q+2. The van der Waals surface area contributed by atoms with Gasteiger partial charge in [0.1, 0.15) is 12.9 Å². The Kier molecular flexibility index (Phi) is 3.15. The Morgan fingerprint density at radius 1 is 1.53 bits per heavy atom. The van der Waals surface area contributed by atoms with E-state index in [1.165, 1.54) is 5.84 Å². The molecule has 92 valence electrons. The second-order valence-corrected chi connectivity index (χ2v) is 4.76. The summed E-state index contributed by atoms with van der Waals surface area (Å²) in [6, 6.07) is 0. The maximum Gasteiger partial charge on any atom is 0.341 e. The molecule has 1 atom stereocenters. The zero-order chi connectivity index (χ0) is 12.5. The summed E-state index contributed by atoms with van der Waals surface area (Å²) in [5.41, 5.74) is 0. The van der Waals surface area contributed by atoms with E-state index in [9.17, 15) is 0 Å². The van der Waals surface area contributed by atoms with Crippen molar-refractivity contribution in [2.75, 3.05) is 39.9 Å². The van der Waals surface area contributed by atoms with E-state index in [-0.39, 0.29) is 0 Å². The number of aliphatic imine (C=N–C) groups is 1. The van der Waals surface area contributed by atoms with Crippen LogP contribution in [0.1, 0.15) is 6.92 Å². The van der Waals surface area contributed by atoms with Gasteiger partial charge in [-0.1, -0.05) is 6.58 Å². The van der Waals surface area contributed by atoms with Crippen LogP contribution in [0.15, 0.2) is 30.4 Å². The lowest BCUT2D eigenvalue weighted by molar-refractivity contribution is -0.794. The minimum atomic E-state index is 0.837. The third kappa shape index (κ3) is 1.93. The van der Waals surface area contributed by atoms with Gasteiger partial charge < -0.3 is 4.90 Å². The third-order valence-corrected chi connectivity index (χ3v) is 3.95. The third-order valence-electron chi connectivity index (χ3n) is 3.95. The molecule has 0 fully saturated rings. The van der Waals surface area contributed by atoms with Gasteiger partial charge in [0.05, 0.1) is 19.7 Å². The smallest absolute Gasteiger partial charge is 0.307 e. The van der Waals surface area contributed by atoms with Gasteiger partial charge in [-0.3, -0.25) is 4.99 Å². The normalized spacial score (nSPS) is 28.6. The van der Waals surface area contributed by atoms with Crippen molar-refractivity contribution in [2.24, 2.45) is 4.99 Å². The molecule has 0 radical (unpaired) electrons. The van der Waals surface area contributed by atoms with E-state index in [0.29, 0.717) is 0 Å². The quantitative estimate of drug-likeness (QED) is 0.522. The summed E-state index contributed by atoms with van der Waals surface area (Å²) in [5, 5.41) is 0. The number of nitrogens with zero attached hydrogens (tertiary/aromatic N) is 4. The van der Waals surface area contributed by atoms with Crippen LogP contribution >= 0.6 is 0 Å². The Hall–Kier alpha value is -1.42. The molecule has 4 nitrogen and oxygen atoms in total. The number of amidine groups is 2. The first-order valence-corrected chi connectivity index (χ1v) is 6.10. The Balaban J connectivity index is 2.19. The first kappa shape index (κ1) is 12.0. The summed E-state index contributed by atoms with van der Waals surface area (Å²) >= 11 is 0. The van der Waals surface area contributed by atoms with Crippen LogP contribution in [0, 0.1) is 0 Å². The van der Waals surface area contributed by atoms with Gasteiger partial charge in [-0.15, -0.1) is 0 Å². The molecule has 0 saturated heterocycles. The molecule has 1 unspecified atom stereocenters. The summed E-state index contributed by atoms with van der Waals surface area (Å²) < 4.78 is 3.14. The highest BCUT2D eigenvalue weighted by Crippen LogP contribution is 2.18. The van der Waals surface area contributed by atoms with Crippen molar-refractivity contribution in [3.63, 3.8) is 0 Å². The topological polar surface area (TPSA) is 18.6 Å². The molecule has 0 bridgehead atoms. The summed E-state index contributed by atoms with van der Waals surface area (Å²) in [5.74, 6) is 2.38. The van der Waals surface area contributed by atoms with E-state index in [2.05, 4.69) is 47.8 Å². The Labute approximate surface area is 103 Å². The van der Waals surface area contributed by atoms with Gasteiger partial charge in [0.2, 0.25) is 0 Å². The maximum absolute atomic E-state index is 4.44. The second-order valence-electron chi connectivity index (χ2n) is 4.76. The molecule has 2 rings (SSSR count). The molecule has 2 aliphatic rings. The lowest BCUT2D eigenvalue weighted by Crippen LogP contribution is -2.52. The summed E-state index contributed by atoms with van der Waals surface area (Å²) in [6.07, 6.45) is 3.90. The highest BCUT2D eigenvalue weighted by Gasteiger charge is 2.43. The van der Waals surface area contributed by atoms with E-state index in [4.69, 9.17) is 0 Å². The zero-order valence-electron chi connectivity index (χ0n) is 10.9. The fourth-order valence-corrected chi connectivity index (χ4v) is 2.59. The predicted molar refractivity (Wildman–Crippen MR) is 71.1 cm³/mol. The first-order valence-electron chi connectivity index (χ1n) is 6.10. The number of hydrogen-bond donors (Lipinski definition) is 0. The number of likely N-dealkylation sites (N-methyl/N-ethyl adjacent to an activating group) is 1. The van der Waals surface area contributed by atoms with Gasteiger partial charge in [-0.05, 0) is 12.7 Å². The molecular formula is C13H22N4+2. The van der Waals surface area contributed by atoms with Crippen LogP contribution in [-0.2, 0) is 0 Å². The molecule has 17 heavy (non-hydrogen) atoms. The molecule has 0 spiro atoms. The summed E-state index contributed by atoms with van der Waals surface area (Å²) in [6.45, 7) is 15.0. The van der Waals surface area contributed by atoms with Crippen molar-refractivity contribution in [1.82, 2.24) is 4.90 Å². The second kappa shape index (κ2) is 4.45. The average Bonchev–Trinajstić information content (AvgIpc) is 2.89. The van der Waals surface area contributed by atoms with Crippen LogP contribution in [0.2, 0.25) is 0 Å². The molecule has 0 aromatic rings. The van der Waals surface area contributed by atoms with E-state index in [0.717, 1.165) is 43.2 Å². The maximum atomic E-state index is 4.44. The van der Waals surface area contributed by atoms with Crippen molar-refractivity contribution in [3.8, 4) is 0 Å². The fraction of sp³-hybridized carbons (Fsp3) is 0.538. The Bertz CT molecular complexity index is 408. The molecular weight excluding hydrogens is 212 g/mol. The van der Waals surface area contributed by atoms with E-state index in [1.807, 2.05) is 6.08 Å². The largest absolute Gasteiger partial charge is 0.341 e. The van der Waals surface area contributed by atoms with Gasteiger partial charge in [0.25, 0.3) is 0 Å². The number of rotatable bonds is 4. The van der Waals surface area contributed by atoms with Crippen LogP contribution in [0.4, 0.5) is 0 Å². The lowest BCUT2D eigenvalue weighted by Gasteiger charge is -2.30. The summed E-state index contributed by atoms with van der Waals surface area (Å²) in [4.78, 5) is 6.75. The van der Waals surface area contributed by atoms with Crippen LogP contribution in [0.25, 0.3) is 0 Å². The average molecular weight is 234 g/mol. The monoisotopic (exact) mass is 234 g/mol. The first-order chi connectivity index (χ1) is 8.13. The fourth-order valence-electron chi connectivity index (χ4n) is 2.59. The molecule has 0 aliphatic carbocycles. The van der Waals surface area contributed by atoms with Gasteiger partial charge in [-0.2, -0.15) is 9.06 Å².